The summed E-state index contributed by atoms with van der Waals surface area (Å²) in [4.78, 5) is 35.4. The first-order chi connectivity index (χ1) is 9.93. The lowest BCUT2D eigenvalue weighted by Crippen LogP contribution is -2.30. The number of carbonyl (C=O) groups excluding carboxylic acids is 2. The molecule has 1 aliphatic carbocycles. The molecule has 2 N–H and O–H groups in total. The molecule has 114 valence electrons. The van der Waals surface area contributed by atoms with Crippen LogP contribution in [0.2, 0.25) is 0 Å². The summed E-state index contributed by atoms with van der Waals surface area (Å²) in [7, 11) is 1.27. The van der Waals surface area contributed by atoms with E-state index in [4.69, 9.17) is 0 Å². The van der Waals surface area contributed by atoms with Crippen LogP contribution in [-0.4, -0.2) is 30.1 Å². The second-order valence-corrected chi connectivity index (χ2v) is 6.19. The van der Waals surface area contributed by atoms with Crippen LogP contribution in [0.1, 0.15) is 29.4 Å². The zero-order chi connectivity index (χ0) is 15.6. The molecule has 0 radical (unpaired) electrons. The highest BCUT2D eigenvalue weighted by atomic mass is 32.1. The average molecular weight is 311 g/mol. The summed E-state index contributed by atoms with van der Waals surface area (Å²) >= 11 is 1.17. The van der Waals surface area contributed by atoms with Crippen LogP contribution < -0.4 is 5.32 Å². The molecule has 6 nitrogen and oxygen atoms in total. The normalized spacial score (nSPS) is 24.6. The summed E-state index contributed by atoms with van der Waals surface area (Å²) in [6, 6.07) is 1.61. The topological polar surface area (TPSA) is 92.7 Å². The number of carboxylic acid groups (broad SMARTS) is 1. The molecule has 1 aromatic heterocycles. The van der Waals surface area contributed by atoms with Gasteiger partial charge < -0.3 is 15.2 Å². The van der Waals surface area contributed by atoms with E-state index in [9.17, 15) is 19.5 Å². The van der Waals surface area contributed by atoms with Crippen molar-refractivity contribution >= 4 is 34.9 Å². The fourth-order valence-electron chi connectivity index (χ4n) is 2.74. The predicted octanol–water partition coefficient (Wildman–Crippen LogP) is 2.22. The van der Waals surface area contributed by atoms with Gasteiger partial charge >= 0.3 is 11.9 Å². The largest absolute Gasteiger partial charge is 0.481 e. The fourth-order valence-corrected chi connectivity index (χ4v) is 3.50. The molecule has 0 aromatic carbocycles. The number of amides is 1. The molecule has 0 aliphatic heterocycles. The molecule has 3 atom stereocenters. The van der Waals surface area contributed by atoms with Crippen LogP contribution in [0.4, 0.5) is 5.69 Å². The van der Waals surface area contributed by atoms with E-state index in [2.05, 4.69) is 10.1 Å². The molecule has 1 heterocycles. The Labute approximate surface area is 126 Å². The average Bonchev–Trinajstić information content (AvgIpc) is 3.04. The van der Waals surface area contributed by atoms with E-state index in [0.717, 1.165) is 0 Å². The Morgan fingerprint density at radius 1 is 1.33 bits per heavy atom. The van der Waals surface area contributed by atoms with Crippen LogP contribution in [0.5, 0.6) is 0 Å². The van der Waals surface area contributed by atoms with Crippen LogP contribution in [-0.2, 0) is 14.3 Å². The van der Waals surface area contributed by atoms with Gasteiger partial charge in [-0.3, -0.25) is 9.59 Å². The molecule has 1 fully saturated rings. The smallest absolute Gasteiger partial charge is 0.350 e. The first-order valence-electron chi connectivity index (χ1n) is 6.63. The lowest BCUT2D eigenvalue weighted by molar-refractivity contribution is -0.145. The molecular weight excluding hydrogens is 294 g/mol. The van der Waals surface area contributed by atoms with Crippen molar-refractivity contribution in [3.8, 4) is 0 Å². The van der Waals surface area contributed by atoms with E-state index in [0.29, 0.717) is 23.4 Å². The molecule has 0 saturated heterocycles. The Kier molecular flexibility index (Phi) is 4.62. The van der Waals surface area contributed by atoms with E-state index in [1.54, 1.807) is 11.4 Å². The number of nitrogens with one attached hydrogen (secondary N) is 1. The number of carbonyl (C=O) groups is 3. The number of hydrogen-bond donors (Lipinski definition) is 2. The summed E-state index contributed by atoms with van der Waals surface area (Å²) < 4.78 is 4.64. The molecular formula is C14H17NO5S. The van der Waals surface area contributed by atoms with E-state index in [1.165, 1.54) is 18.4 Å². The molecule has 21 heavy (non-hydrogen) atoms. The third-order valence-electron chi connectivity index (χ3n) is 3.75. The highest BCUT2D eigenvalue weighted by Gasteiger charge is 2.41. The maximum absolute atomic E-state index is 12.3. The Morgan fingerprint density at radius 2 is 2.00 bits per heavy atom. The number of rotatable bonds is 4. The summed E-state index contributed by atoms with van der Waals surface area (Å²) in [5, 5.41) is 13.5. The fraction of sp³-hybridized carbons (Fsp3) is 0.500. The van der Waals surface area contributed by atoms with E-state index >= 15 is 0 Å². The van der Waals surface area contributed by atoms with Crippen LogP contribution in [0, 0.1) is 17.8 Å². The van der Waals surface area contributed by atoms with Crippen molar-refractivity contribution in [2.75, 3.05) is 12.4 Å². The van der Waals surface area contributed by atoms with E-state index in [-0.39, 0.29) is 11.8 Å². The van der Waals surface area contributed by atoms with Gasteiger partial charge in [-0.05, 0) is 30.2 Å². The number of esters is 1. The number of methoxy groups -OCH3 is 1. The minimum Gasteiger partial charge on any atom is -0.481 e. The summed E-state index contributed by atoms with van der Waals surface area (Å²) in [5.41, 5.74) is 0.376. The SMILES string of the molecule is COC(=O)c1sccc1NC(=O)[C@H]1CC(C)C[C@H]1C(=O)O. The van der Waals surface area contributed by atoms with Gasteiger partial charge in [-0.15, -0.1) is 11.3 Å². The molecule has 1 aliphatic rings. The van der Waals surface area contributed by atoms with Gasteiger partial charge in [0, 0.05) is 0 Å². The maximum Gasteiger partial charge on any atom is 0.350 e. The van der Waals surface area contributed by atoms with Gasteiger partial charge in [0.05, 0.1) is 24.6 Å². The summed E-state index contributed by atoms with van der Waals surface area (Å²) in [5.74, 6) is -2.85. The lowest BCUT2D eigenvalue weighted by atomic mass is 9.95. The van der Waals surface area contributed by atoms with Crippen LogP contribution in [0.15, 0.2) is 11.4 Å². The number of carboxylic acids is 1. The molecule has 1 unspecified atom stereocenters. The Hall–Kier alpha value is -1.89. The molecule has 2 rings (SSSR count). The van der Waals surface area contributed by atoms with Gasteiger partial charge in [0.2, 0.25) is 5.91 Å². The first-order valence-corrected chi connectivity index (χ1v) is 7.51. The minimum atomic E-state index is -0.946. The first kappa shape index (κ1) is 15.5. The number of thiophene rings is 1. The van der Waals surface area contributed by atoms with Gasteiger partial charge in [-0.1, -0.05) is 6.92 Å². The number of ether oxygens (including phenoxy) is 1. The van der Waals surface area contributed by atoms with Crippen LogP contribution in [0.25, 0.3) is 0 Å². The Bertz CT molecular complexity index is 567. The molecule has 1 aromatic rings. The van der Waals surface area contributed by atoms with Crippen molar-refractivity contribution < 1.29 is 24.2 Å². The van der Waals surface area contributed by atoms with Gasteiger partial charge in [0.1, 0.15) is 4.88 Å². The second-order valence-electron chi connectivity index (χ2n) is 5.27. The highest BCUT2D eigenvalue weighted by molar-refractivity contribution is 7.12. The van der Waals surface area contributed by atoms with Crippen LogP contribution >= 0.6 is 11.3 Å². The second kappa shape index (κ2) is 6.26. The Balaban J connectivity index is 2.13. The monoisotopic (exact) mass is 311 g/mol. The van der Waals surface area contributed by atoms with Gasteiger partial charge in [-0.2, -0.15) is 0 Å². The number of hydrogen-bond acceptors (Lipinski definition) is 5. The summed E-state index contributed by atoms with van der Waals surface area (Å²) in [6.07, 6.45) is 1.04. The van der Waals surface area contributed by atoms with E-state index < -0.39 is 23.8 Å². The highest BCUT2D eigenvalue weighted by Crippen LogP contribution is 2.37. The quantitative estimate of drug-likeness (QED) is 0.832. The number of anilines is 1. The maximum atomic E-state index is 12.3. The minimum absolute atomic E-state index is 0.199. The van der Waals surface area contributed by atoms with Crippen molar-refractivity contribution in [1.82, 2.24) is 0 Å². The third-order valence-corrected chi connectivity index (χ3v) is 4.64. The standard InChI is InChI=1S/C14H17NO5S/c1-7-5-8(9(6-7)13(17)18)12(16)15-10-3-4-21-11(10)14(19)20-2/h3-4,7-9H,5-6H2,1-2H3,(H,15,16)(H,17,18)/t7?,8-,9+/m0/s1. The summed E-state index contributed by atoms with van der Waals surface area (Å²) in [6.45, 7) is 1.94. The van der Waals surface area contributed by atoms with Gasteiger partial charge in [-0.25, -0.2) is 4.79 Å². The zero-order valence-corrected chi connectivity index (χ0v) is 12.6. The molecule has 0 bridgehead atoms. The van der Waals surface area contributed by atoms with Gasteiger partial charge in [0.15, 0.2) is 0 Å². The van der Waals surface area contributed by atoms with Crippen molar-refractivity contribution in [3.63, 3.8) is 0 Å². The molecule has 1 amide bonds. The Morgan fingerprint density at radius 3 is 2.62 bits per heavy atom. The van der Waals surface area contributed by atoms with Crippen molar-refractivity contribution in [1.29, 1.82) is 0 Å². The van der Waals surface area contributed by atoms with Gasteiger partial charge in [0.25, 0.3) is 0 Å². The molecule has 0 spiro atoms. The van der Waals surface area contributed by atoms with Crippen molar-refractivity contribution in [2.24, 2.45) is 17.8 Å². The predicted molar refractivity (Wildman–Crippen MR) is 77.3 cm³/mol. The lowest BCUT2D eigenvalue weighted by Gasteiger charge is -2.15. The zero-order valence-electron chi connectivity index (χ0n) is 11.8. The van der Waals surface area contributed by atoms with Crippen molar-refractivity contribution in [3.05, 3.63) is 16.3 Å². The molecule has 7 heteroatoms. The number of aliphatic carboxylic acids is 1. The third kappa shape index (κ3) is 3.24. The van der Waals surface area contributed by atoms with E-state index in [1.807, 2.05) is 6.92 Å². The van der Waals surface area contributed by atoms with Crippen molar-refractivity contribution in [2.45, 2.75) is 19.8 Å². The molecule has 1 saturated carbocycles. The van der Waals surface area contributed by atoms with Crippen LogP contribution in [0.3, 0.4) is 0 Å².